The molecule has 3 aromatic rings. The van der Waals surface area contributed by atoms with Gasteiger partial charge in [-0.3, -0.25) is 0 Å². The number of benzene rings is 3. The zero-order valence-corrected chi connectivity index (χ0v) is 12.8. The van der Waals surface area contributed by atoms with Gasteiger partial charge in [0.1, 0.15) is 11.7 Å². The second-order valence-corrected chi connectivity index (χ2v) is 5.39. The van der Waals surface area contributed by atoms with Gasteiger partial charge in [0.25, 0.3) is 0 Å². The third-order valence-corrected chi connectivity index (χ3v) is 4.07. The van der Waals surface area contributed by atoms with Crippen LogP contribution in [-0.4, -0.2) is 12.2 Å². The summed E-state index contributed by atoms with van der Waals surface area (Å²) >= 11 is 0. The number of nitrogens with zero attached hydrogens (tertiary/aromatic N) is 1. The van der Waals surface area contributed by atoms with Gasteiger partial charge in [0.15, 0.2) is 0 Å². The van der Waals surface area contributed by atoms with Gasteiger partial charge in [-0.05, 0) is 34.0 Å². The maximum absolute atomic E-state index is 10.7. The first-order chi connectivity index (χ1) is 11.2. The van der Waals surface area contributed by atoms with Crippen LogP contribution in [0.2, 0.25) is 0 Å². The summed E-state index contributed by atoms with van der Waals surface area (Å²) in [6, 6.07) is 23.1. The minimum Gasteiger partial charge on any atom is -0.497 e. The first-order valence-corrected chi connectivity index (χ1v) is 7.44. The Hall–Kier alpha value is -2.83. The van der Waals surface area contributed by atoms with E-state index in [2.05, 4.69) is 6.07 Å². The van der Waals surface area contributed by atoms with Crippen molar-refractivity contribution in [3.05, 3.63) is 77.9 Å². The molecule has 3 nitrogen and oxygen atoms in total. The maximum atomic E-state index is 10.7. The lowest BCUT2D eigenvalue weighted by Crippen LogP contribution is -2.09. The largest absolute Gasteiger partial charge is 0.497 e. The predicted octanol–water partition coefficient (Wildman–Crippen LogP) is 4.19. The van der Waals surface area contributed by atoms with E-state index in [-0.39, 0.29) is 0 Å². The van der Waals surface area contributed by atoms with Gasteiger partial charge in [-0.2, -0.15) is 5.26 Å². The number of hydrogen-bond acceptors (Lipinski definition) is 3. The van der Waals surface area contributed by atoms with E-state index in [9.17, 15) is 10.4 Å². The molecule has 114 valence electrons. The molecule has 0 fully saturated rings. The van der Waals surface area contributed by atoms with Crippen molar-refractivity contribution in [2.24, 2.45) is 0 Å². The van der Waals surface area contributed by atoms with Crippen LogP contribution < -0.4 is 4.74 Å². The molecule has 2 atom stereocenters. The highest BCUT2D eigenvalue weighted by Gasteiger charge is 2.24. The number of rotatable bonds is 4. The standard InChI is InChI=1S/C20H17NO2/c1-23-16-11-9-15(10-12-16)20(22)19(13-21)18-8-4-6-14-5-2-3-7-17(14)18/h2-12,19-20,22H,1H3/t19-,20-/m0/s1. The van der Waals surface area contributed by atoms with Gasteiger partial charge < -0.3 is 9.84 Å². The van der Waals surface area contributed by atoms with Gasteiger partial charge in [-0.1, -0.05) is 54.6 Å². The van der Waals surface area contributed by atoms with Crippen molar-refractivity contribution in [3.63, 3.8) is 0 Å². The van der Waals surface area contributed by atoms with E-state index in [0.717, 1.165) is 22.1 Å². The molecule has 0 aliphatic rings. The Balaban J connectivity index is 2.02. The molecule has 0 unspecified atom stereocenters. The molecule has 3 heteroatoms. The van der Waals surface area contributed by atoms with Crippen molar-refractivity contribution >= 4 is 10.8 Å². The van der Waals surface area contributed by atoms with Crippen LogP contribution in [0.3, 0.4) is 0 Å². The molecule has 0 aliphatic heterocycles. The van der Waals surface area contributed by atoms with Crippen molar-refractivity contribution in [2.75, 3.05) is 7.11 Å². The number of nitriles is 1. The van der Waals surface area contributed by atoms with Gasteiger partial charge in [-0.15, -0.1) is 0 Å². The van der Waals surface area contributed by atoms with Gasteiger partial charge in [0.05, 0.1) is 19.3 Å². The van der Waals surface area contributed by atoms with E-state index >= 15 is 0 Å². The molecule has 1 N–H and O–H groups in total. The van der Waals surface area contributed by atoms with E-state index < -0.39 is 12.0 Å². The minimum absolute atomic E-state index is 0.630. The third-order valence-electron chi connectivity index (χ3n) is 4.07. The highest BCUT2D eigenvalue weighted by atomic mass is 16.5. The number of ether oxygens (including phenoxy) is 1. The van der Waals surface area contributed by atoms with Crippen LogP contribution in [0.5, 0.6) is 5.75 Å². The summed E-state index contributed by atoms with van der Waals surface area (Å²) in [5.41, 5.74) is 1.54. The lowest BCUT2D eigenvalue weighted by Gasteiger charge is -2.19. The fourth-order valence-electron chi connectivity index (χ4n) is 2.83. The summed E-state index contributed by atoms with van der Waals surface area (Å²) in [6.45, 7) is 0. The highest BCUT2D eigenvalue weighted by molar-refractivity contribution is 5.86. The third kappa shape index (κ3) is 2.90. The quantitative estimate of drug-likeness (QED) is 0.786. The average molecular weight is 303 g/mol. The van der Waals surface area contributed by atoms with Gasteiger partial charge in [0, 0.05) is 0 Å². The Bertz CT molecular complexity index is 844. The summed E-state index contributed by atoms with van der Waals surface area (Å²) in [7, 11) is 1.60. The number of aliphatic hydroxyl groups is 1. The molecule has 0 saturated carbocycles. The van der Waals surface area contributed by atoms with Gasteiger partial charge >= 0.3 is 0 Å². The molecule has 3 rings (SSSR count). The number of aliphatic hydroxyl groups excluding tert-OH is 1. The normalized spacial score (nSPS) is 13.3. The van der Waals surface area contributed by atoms with Crippen LogP contribution in [0.15, 0.2) is 66.7 Å². The van der Waals surface area contributed by atoms with Crippen LogP contribution >= 0.6 is 0 Å². The van der Waals surface area contributed by atoms with Gasteiger partial charge in [0.2, 0.25) is 0 Å². The SMILES string of the molecule is COc1ccc([C@H](O)[C@@H](C#N)c2cccc3ccccc23)cc1. The van der Waals surface area contributed by atoms with Crippen molar-refractivity contribution in [1.29, 1.82) is 5.26 Å². The molecule has 0 bridgehead atoms. The fraction of sp³-hybridized carbons (Fsp3) is 0.150. The molecule has 0 aromatic heterocycles. The minimum atomic E-state index is -0.892. The van der Waals surface area contributed by atoms with E-state index in [1.807, 2.05) is 42.5 Å². The molecule has 0 heterocycles. The van der Waals surface area contributed by atoms with Crippen molar-refractivity contribution in [3.8, 4) is 11.8 Å². The van der Waals surface area contributed by atoms with Crippen LogP contribution in [-0.2, 0) is 0 Å². The second-order valence-electron chi connectivity index (χ2n) is 5.39. The average Bonchev–Trinajstić information content (AvgIpc) is 2.62. The summed E-state index contributed by atoms with van der Waals surface area (Å²) in [4.78, 5) is 0. The van der Waals surface area contributed by atoms with Crippen LogP contribution in [0, 0.1) is 11.3 Å². The zero-order chi connectivity index (χ0) is 16.2. The van der Waals surface area contributed by atoms with E-state index in [1.165, 1.54) is 0 Å². The number of hydrogen-bond donors (Lipinski definition) is 1. The van der Waals surface area contributed by atoms with Crippen molar-refractivity contribution in [1.82, 2.24) is 0 Å². The molecule has 0 radical (unpaired) electrons. The van der Waals surface area contributed by atoms with Crippen LogP contribution in [0.1, 0.15) is 23.1 Å². The van der Waals surface area contributed by atoms with Crippen molar-refractivity contribution in [2.45, 2.75) is 12.0 Å². The molecular weight excluding hydrogens is 286 g/mol. The fourth-order valence-corrected chi connectivity index (χ4v) is 2.83. The lowest BCUT2D eigenvalue weighted by atomic mass is 9.87. The highest BCUT2D eigenvalue weighted by Crippen LogP contribution is 2.35. The molecular formula is C20H17NO2. The molecule has 0 amide bonds. The summed E-state index contributed by atoms with van der Waals surface area (Å²) in [5, 5.41) is 22.4. The summed E-state index contributed by atoms with van der Waals surface area (Å²) in [6.07, 6.45) is -0.892. The topological polar surface area (TPSA) is 53.2 Å². The maximum Gasteiger partial charge on any atom is 0.118 e. The first kappa shape index (κ1) is 15.1. The summed E-state index contributed by atoms with van der Waals surface area (Å²) in [5.74, 6) is 0.0918. The molecule has 0 saturated heterocycles. The molecule has 3 aromatic carbocycles. The van der Waals surface area contributed by atoms with E-state index in [1.54, 1.807) is 31.4 Å². The predicted molar refractivity (Wildman–Crippen MR) is 90.3 cm³/mol. The number of fused-ring (bicyclic) bond motifs is 1. The Morgan fingerprint density at radius 2 is 1.65 bits per heavy atom. The van der Waals surface area contributed by atoms with Gasteiger partial charge in [-0.25, -0.2) is 0 Å². The Labute approximate surface area is 135 Å². The second kappa shape index (κ2) is 6.51. The van der Waals surface area contributed by atoms with Crippen LogP contribution in [0.4, 0.5) is 0 Å². The Kier molecular flexibility index (Phi) is 4.27. The van der Waals surface area contributed by atoms with Crippen LogP contribution in [0.25, 0.3) is 10.8 Å². The Morgan fingerprint density at radius 3 is 2.35 bits per heavy atom. The molecule has 0 spiro atoms. The van der Waals surface area contributed by atoms with E-state index in [0.29, 0.717) is 5.56 Å². The lowest BCUT2D eigenvalue weighted by molar-refractivity contribution is 0.164. The monoisotopic (exact) mass is 303 g/mol. The Morgan fingerprint density at radius 1 is 0.957 bits per heavy atom. The summed E-state index contributed by atoms with van der Waals surface area (Å²) < 4.78 is 5.13. The first-order valence-electron chi connectivity index (χ1n) is 7.44. The molecule has 23 heavy (non-hydrogen) atoms. The van der Waals surface area contributed by atoms with Crippen molar-refractivity contribution < 1.29 is 9.84 Å². The zero-order valence-electron chi connectivity index (χ0n) is 12.8. The van der Waals surface area contributed by atoms with E-state index in [4.69, 9.17) is 4.74 Å². The smallest absolute Gasteiger partial charge is 0.118 e. The number of methoxy groups -OCH3 is 1. The molecule has 0 aliphatic carbocycles.